The van der Waals surface area contributed by atoms with Gasteiger partial charge in [-0.25, -0.2) is 0 Å². The first-order chi connectivity index (χ1) is 9.28. The van der Waals surface area contributed by atoms with E-state index in [0.717, 1.165) is 31.7 Å². The molecule has 1 aliphatic rings. The van der Waals surface area contributed by atoms with Gasteiger partial charge in [-0.15, -0.1) is 0 Å². The first-order valence-corrected chi connectivity index (χ1v) is 7.30. The number of hydrogen-bond donors (Lipinski definition) is 0. The van der Waals surface area contributed by atoms with Crippen molar-refractivity contribution in [2.45, 2.75) is 26.3 Å². The summed E-state index contributed by atoms with van der Waals surface area (Å²) in [7, 11) is 2.19. The van der Waals surface area contributed by atoms with Crippen molar-refractivity contribution in [3.63, 3.8) is 0 Å². The Morgan fingerprint density at radius 1 is 1.21 bits per heavy atom. The van der Waals surface area contributed by atoms with Crippen LogP contribution < -0.4 is 0 Å². The Labute approximate surface area is 116 Å². The summed E-state index contributed by atoms with van der Waals surface area (Å²) in [6.45, 7) is 7.89. The Hall–Kier alpha value is -1.19. The van der Waals surface area contributed by atoms with Gasteiger partial charge in [-0.3, -0.25) is 9.88 Å². The minimum absolute atomic E-state index is 1.03. The molecule has 1 fully saturated rings. The zero-order valence-electron chi connectivity index (χ0n) is 12.2. The molecule has 0 aliphatic carbocycles. The average Bonchev–Trinajstić information content (AvgIpc) is 2.44. The Balaban J connectivity index is 1.84. The Kier molecular flexibility index (Phi) is 5.55. The van der Waals surface area contributed by atoms with Gasteiger partial charge in [0.05, 0.1) is 5.69 Å². The minimum atomic E-state index is 1.03. The van der Waals surface area contributed by atoms with E-state index in [1.165, 1.54) is 25.1 Å². The summed E-state index contributed by atoms with van der Waals surface area (Å²) in [5, 5.41) is 0. The topological polar surface area (TPSA) is 19.4 Å². The SMILES string of the molecule is CCCC=Cc1ccc(CN2CCN(C)CC2)cn1. The third kappa shape index (κ3) is 4.77. The third-order valence-electron chi connectivity index (χ3n) is 3.59. The molecule has 0 saturated carbocycles. The summed E-state index contributed by atoms with van der Waals surface area (Å²) in [6, 6.07) is 4.33. The van der Waals surface area contributed by atoms with E-state index >= 15 is 0 Å². The van der Waals surface area contributed by atoms with Gasteiger partial charge in [0.25, 0.3) is 0 Å². The van der Waals surface area contributed by atoms with Gasteiger partial charge in [-0.05, 0) is 31.2 Å². The fourth-order valence-corrected chi connectivity index (χ4v) is 2.26. The van der Waals surface area contributed by atoms with Crippen LogP contribution >= 0.6 is 0 Å². The molecule has 0 spiro atoms. The Morgan fingerprint density at radius 2 is 2.00 bits per heavy atom. The summed E-state index contributed by atoms with van der Waals surface area (Å²) in [5.74, 6) is 0. The summed E-state index contributed by atoms with van der Waals surface area (Å²) in [6.07, 6.45) is 8.65. The maximum atomic E-state index is 4.51. The quantitative estimate of drug-likeness (QED) is 0.810. The van der Waals surface area contributed by atoms with Crippen LogP contribution in [0.3, 0.4) is 0 Å². The van der Waals surface area contributed by atoms with E-state index in [1.807, 2.05) is 6.20 Å². The third-order valence-corrected chi connectivity index (χ3v) is 3.59. The summed E-state index contributed by atoms with van der Waals surface area (Å²) >= 11 is 0. The molecule has 0 unspecified atom stereocenters. The van der Waals surface area contributed by atoms with E-state index in [9.17, 15) is 0 Å². The molecule has 104 valence electrons. The molecule has 0 radical (unpaired) electrons. The smallest absolute Gasteiger partial charge is 0.0626 e. The maximum Gasteiger partial charge on any atom is 0.0626 e. The fourth-order valence-electron chi connectivity index (χ4n) is 2.26. The zero-order chi connectivity index (χ0) is 13.5. The highest BCUT2D eigenvalue weighted by Crippen LogP contribution is 2.08. The van der Waals surface area contributed by atoms with Gasteiger partial charge in [0.15, 0.2) is 0 Å². The van der Waals surface area contributed by atoms with Gasteiger partial charge >= 0.3 is 0 Å². The predicted octanol–water partition coefficient (Wildman–Crippen LogP) is 2.64. The van der Waals surface area contributed by atoms with Crippen molar-refractivity contribution in [1.82, 2.24) is 14.8 Å². The van der Waals surface area contributed by atoms with Crippen LogP contribution in [0.1, 0.15) is 31.0 Å². The van der Waals surface area contributed by atoms with Gasteiger partial charge in [0, 0.05) is 38.9 Å². The van der Waals surface area contributed by atoms with Gasteiger partial charge < -0.3 is 4.90 Å². The molecule has 1 saturated heterocycles. The lowest BCUT2D eigenvalue weighted by atomic mass is 10.2. The van der Waals surface area contributed by atoms with Crippen LogP contribution in [0, 0.1) is 0 Å². The second-order valence-electron chi connectivity index (χ2n) is 5.36. The number of aromatic nitrogens is 1. The minimum Gasteiger partial charge on any atom is -0.304 e. The number of hydrogen-bond acceptors (Lipinski definition) is 3. The fraction of sp³-hybridized carbons (Fsp3) is 0.562. The normalized spacial score (nSPS) is 18.2. The summed E-state index contributed by atoms with van der Waals surface area (Å²) in [5.41, 5.74) is 2.38. The molecule has 19 heavy (non-hydrogen) atoms. The molecular weight excluding hydrogens is 234 g/mol. The highest BCUT2D eigenvalue weighted by molar-refractivity contribution is 5.44. The number of allylic oxidation sites excluding steroid dienone is 1. The number of unbranched alkanes of at least 4 members (excludes halogenated alkanes) is 1. The lowest BCUT2D eigenvalue weighted by Crippen LogP contribution is -2.43. The Bertz CT molecular complexity index is 389. The van der Waals surface area contributed by atoms with Crippen molar-refractivity contribution < 1.29 is 0 Å². The van der Waals surface area contributed by atoms with E-state index in [1.54, 1.807) is 0 Å². The van der Waals surface area contributed by atoms with Crippen LogP contribution in [0.2, 0.25) is 0 Å². The standard InChI is InChI=1S/C16H25N3/c1-3-4-5-6-16-8-7-15(13-17-16)14-19-11-9-18(2)10-12-19/h5-8,13H,3-4,9-12,14H2,1-2H3. The van der Waals surface area contributed by atoms with E-state index in [-0.39, 0.29) is 0 Å². The number of likely N-dealkylation sites (N-methyl/N-ethyl adjacent to an activating group) is 1. The highest BCUT2D eigenvalue weighted by Gasteiger charge is 2.13. The molecule has 0 amide bonds. The molecule has 0 bridgehead atoms. The lowest BCUT2D eigenvalue weighted by Gasteiger charge is -2.32. The Morgan fingerprint density at radius 3 is 2.63 bits per heavy atom. The molecule has 0 atom stereocenters. The summed E-state index contributed by atoms with van der Waals surface area (Å²) < 4.78 is 0. The largest absolute Gasteiger partial charge is 0.304 e. The van der Waals surface area contributed by atoms with Crippen LogP contribution in [0.25, 0.3) is 6.08 Å². The van der Waals surface area contributed by atoms with Crippen LogP contribution in [-0.2, 0) is 6.54 Å². The predicted molar refractivity (Wildman–Crippen MR) is 81.0 cm³/mol. The van der Waals surface area contributed by atoms with Gasteiger partial charge in [0.2, 0.25) is 0 Å². The monoisotopic (exact) mass is 259 g/mol. The van der Waals surface area contributed by atoms with Gasteiger partial charge in [-0.2, -0.15) is 0 Å². The van der Waals surface area contributed by atoms with E-state index < -0.39 is 0 Å². The van der Waals surface area contributed by atoms with Crippen molar-refractivity contribution in [3.05, 3.63) is 35.7 Å². The molecular formula is C16H25N3. The molecule has 2 rings (SSSR count). The van der Waals surface area contributed by atoms with Crippen molar-refractivity contribution >= 4 is 6.08 Å². The van der Waals surface area contributed by atoms with Crippen LogP contribution in [0.5, 0.6) is 0 Å². The van der Waals surface area contributed by atoms with Crippen molar-refractivity contribution in [2.24, 2.45) is 0 Å². The van der Waals surface area contributed by atoms with Crippen molar-refractivity contribution in [3.8, 4) is 0 Å². The molecule has 3 heteroatoms. The van der Waals surface area contributed by atoms with Gasteiger partial charge in [0.1, 0.15) is 0 Å². The molecule has 2 heterocycles. The number of rotatable bonds is 5. The van der Waals surface area contributed by atoms with E-state index in [2.05, 4.69) is 53.0 Å². The second kappa shape index (κ2) is 7.41. The zero-order valence-corrected chi connectivity index (χ0v) is 12.2. The van der Waals surface area contributed by atoms with E-state index in [0.29, 0.717) is 0 Å². The first kappa shape index (κ1) is 14.2. The molecule has 1 aromatic heterocycles. The van der Waals surface area contributed by atoms with Crippen LogP contribution in [-0.4, -0.2) is 48.0 Å². The van der Waals surface area contributed by atoms with Gasteiger partial charge in [-0.1, -0.05) is 25.5 Å². The van der Waals surface area contributed by atoms with Crippen molar-refractivity contribution in [1.29, 1.82) is 0 Å². The van der Waals surface area contributed by atoms with Crippen LogP contribution in [0.15, 0.2) is 24.4 Å². The van der Waals surface area contributed by atoms with Crippen molar-refractivity contribution in [2.75, 3.05) is 33.2 Å². The first-order valence-electron chi connectivity index (χ1n) is 7.30. The lowest BCUT2D eigenvalue weighted by molar-refractivity contribution is 0.148. The number of nitrogens with zero attached hydrogens (tertiary/aromatic N) is 3. The molecule has 0 N–H and O–H groups in total. The maximum absolute atomic E-state index is 4.51. The molecule has 0 aromatic carbocycles. The molecule has 3 nitrogen and oxygen atoms in total. The second-order valence-corrected chi connectivity index (χ2v) is 5.36. The molecule has 1 aromatic rings. The number of piperazine rings is 1. The van der Waals surface area contributed by atoms with Crippen LogP contribution in [0.4, 0.5) is 0 Å². The highest BCUT2D eigenvalue weighted by atomic mass is 15.2. The average molecular weight is 259 g/mol. The van der Waals surface area contributed by atoms with E-state index in [4.69, 9.17) is 0 Å². The summed E-state index contributed by atoms with van der Waals surface area (Å²) in [4.78, 5) is 9.40. The number of pyridine rings is 1. The molecule has 1 aliphatic heterocycles.